The van der Waals surface area contributed by atoms with E-state index in [0.29, 0.717) is 11.9 Å². The molecule has 1 saturated heterocycles. The number of hydrogen-bond donors (Lipinski definition) is 2. The van der Waals surface area contributed by atoms with Gasteiger partial charge in [-0.05, 0) is 19.1 Å². The second kappa shape index (κ2) is 6.80. The third-order valence-electron chi connectivity index (χ3n) is 5.33. The van der Waals surface area contributed by atoms with Gasteiger partial charge in [0.15, 0.2) is 5.13 Å². The van der Waals surface area contributed by atoms with E-state index in [-0.39, 0.29) is 11.7 Å². The average Bonchev–Trinajstić information content (AvgIpc) is 3.14. The lowest BCUT2D eigenvalue weighted by Crippen LogP contribution is -2.48. The van der Waals surface area contributed by atoms with E-state index < -0.39 is 0 Å². The smallest absolute Gasteiger partial charge is 0.256 e. The number of nitrogens with one attached hydrogen (secondary N) is 1. The van der Waals surface area contributed by atoms with Crippen LogP contribution in [0.5, 0.6) is 0 Å². The molecule has 0 spiro atoms. The molecule has 0 saturated carbocycles. The Balaban J connectivity index is 1.62. The van der Waals surface area contributed by atoms with Crippen LogP contribution in [0.15, 0.2) is 35.5 Å². The summed E-state index contributed by atoms with van der Waals surface area (Å²) in [4.78, 5) is 29.1. The zero-order chi connectivity index (χ0) is 19.3. The van der Waals surface area contributed by atoms with E-state index >= 15 is 0 Å². The number of nitrogens with zero attached hydrogens (tertiary/aromatic N) is 4. The second-order valence-electron chi connectivity index (χ2n) is 7.33. The molecule has 1 aliphatic heterocycles. The van der Waals surface area contributed by atoms with E-state index in [1.165, 1.54) is 0 Å². The zero-order valence-electron chi connectivity index (χ0n) is 15.6. The van der Waals surface area contributed by atoms with E-state index in [9.17, 15) is 9.90 Å². The number of fused-ring (bicyclic) bond motifs is 6. The van der Waals surface area contributed by atoms with Crippen LogP contribution in [0.3, 0.4) is 0 Å². The van der Waals surface area contributed by atoms with Crippen molar-refractivity contribution in [3.05, 3.63) is 41.1 Å². The normalized spacial score (nSPS) is 17.0. The maximum atomic E-state index is 12.5. The van der Waals surface area contributed by atoms with Crippen LogP contribution < -0.4 is 10.5 Å². The molecule has 0 amide bonds. The minimum absolute atomic E-state index is 0.0981. The molecule has 144 valence electrons. The number of aliphatic hydroxyl groups excluding tert-OH is 1. The molecule has 2 N–H and O–H groups in total. The maximum absolute atomic E-state index is 12.5. The van der Waals surface area contributed by atoms with Gasteiger partial charge in [-0.1, -0.05) is 11.3 Å². The summed E-state index contributed by atoms with van der Waals surface area (Å²) < 4.78 is 1.04. The summed E-state index contributed by atoms with van der Waals surface area (Å²) in [6.45, 7) is 6.11. The summed E-state index contributed by atoms with van der Waals surface area (Å²) in [5.74, 6) is 0. The third kappa shape index (κ3) is 2.85. The summed E-state index contributed by atoms with van der Waals surface area (Å²) in [7, 11) is 0. The van der Waals surface area contributed by atoms with Crippen LogP contribution in [0.4, 0.5) is 5.13 Å². The van der Waals surface area contributed by atoms with Gasteiger partial charge in [0.1, 0.15) is 0 Å². The van der Waals surface area contributed by atoms with Gasteiger partial charge in [0, 0.05) is 67.5 Å². The number of H-pyrrole nitrogens is 1. The fraction of sp³-hybridized carbons (Fsp3) is 0.350. The van der Waals surface area contributed by atoms with Gasteiger partial charge in [-0.25, -0.2) is 4.98 Å². The van der Waals surface area contributed by atoms with E-state index in [1.54, 1.807) is 29.9 Å². The monoisotopic (exact) mass is 395 g/mol. The number of rotatable bonds is 3. The van der Waals surface area contributed by atoms with Gasteiger partial charge in [-0.15, -0.1) is 0 Å². The molecule has 1 atom stereocenters. The first-order valence-electron chi connectivity index (χ1n) is 9.45. The molecule has 0 aliphatic carbocycles. The quantitative estimate of drug-likeness (QED) is 0.517. The number of hydrogen-bond acceptors (Lipinski definition) is 7. The van der Waals surface area contributed by atoms with Gasteiger partial charge >= 0.3 is 0 Å². The van der Waals surface area contributed by atoms with Crippen LogP contribution in [-0.2, 0) is 0 Å². The van der Waals surface area contributed by atoms with Crippen molar-refractivity contribution in [2.45, 2.75) is 13.0 Å². The van der Waals surface area contributed by atoms with Crippen LogP contribution in [0.2, 0.25) is 0 Å². The zero-order valence-corrected chi connectivity index (χ0v) is 16.4. The molecular formula is C20H21N5O2S. The summed E-state index contributed by atoms with van der Waals surface area (Å²) in [6.07, 6.45) is 4.89. The van der Waals surface area contributed by atoms with Gasteiger partial charge in [0.05, 0.1) is 21.7 Å². The van der Waals surface area contributed by atoms with E-state index in [4.69, 9.17) is 4.98 Å². The van der Waals surface area contributed by atoms with Crippen molar-refractivity contribution in [1.82, 2.24) is 19.9 Å². The van der Waals surface area contributed by atoms with E-state index in [1.807, 2.05) is 19.1 Å². The van der Waals surface area contributed by atoms with Crippen molar-refractivity contribution >= 4 is 48.2 Å². The number of aliphatic hydroxyl groups is 1. The van der Waals surface area contributed by atoms with Gasteiger partial charge < -0.3 is 15.0 Å². The first-order valence-corrected chi connectivity index (χ1v) is 10.3. The van der Waals surface area contributed by atoms with Crippen LogP contribution in [0.1, 0.15) is 6.92 Å². The molecule has 7 nitrogen and oxygen atoms in total. The largest absolute Gasteiger partial charge is 0.392 e. The number of benzene rings is 1. The fourth-order valence-corrected chi connectivity index (χ4v) is 5.20. The lowest BCUT2D eigenvalue weighted by Gasteiger charge is -2.35. The Morgan fingerprint density at radius 1 is 1.21 bits per heavy atom. The summed E-state index contributed by atoms with van der Waals surface area (Å²) in [5, 5.41) is 14.0. The Bertz CT molecular complexity index is 1220. The standard InChI is InChI=1S/C20H21N5O2S/c1-12(26)11-24-6-8-25(9-7-24)20-23-17-13-2-4-21-10-15(13)16-14(18(17)28-20)3-5-22-19(16)27/h2-5,10,12,26H,6-9,11H2,1H3,(H,22,27)/t12-/m0/s1. The van der Waals surface area contributed by atoms with Crippen molar-refractivity contribution in [3.8, 4) is 0 Å². The number of aromatic nitrogens is 3. The number of thiazole rings is 1. The molecule has 0 radical (unpaired) electrons. The Hall–Kier alpha value is -2.55. The minimum atomic E-state index is -0.307. The van der Waals surface area contributed by atoms with Crippen LogP contribution >= 0.6 is 11.3 Å². The lowest BCUT2D eigenvalue weighted by atomic mass is 10.0. The van der Waals surface area contributed by atoms with Crippen molar-refractivity contribution in [2.24, 2.45) is 0 Å². The van der Waals surface area contributed by atoms with Gasteiger partial charge in [0.2, 0.25) is 0 Å². The molecule has 1 aliphatic rings. The molecule has 5 rings (SSSR count). The molecule has 4 aromatic rings. The van der Waals surface area contributed by atoms with Crippen LogP contribution in [0.25, 0.3) is 31.8 Å². The molecule has 0 unspecified atom stereocenters. The number of piperazine rings is 1. The highest BCUT2D eigenvalue weighted by atomic mass is 32.1. The van der Waals surface area contributed by atoms with Crippen molar-refractivity contribution in [1.29, 1.82) is 0 Å². The Kier molecular flexibility index (Phi) is 4.26. The second-order valence-corrected chi connectivity index (χ2v) is 8.31. The molecule has 4 heterocycles. The van der Waals surface area contributed by atoms with E-state index in [2.05, 4.69) is 19.8 Å². The SMILES string of the molecule is C[C@H](O)CN1CCN(c2nc3c4ccncc4c4c(=O)[nH]ccc4c3s2)CC1. The molecule has 0 bridgehead atoms. The molecule has 1 fully saturated rings. The highest BCUT2D eigenvalue weighted by molar-refractivity contribution is 7.23. The van der Waals surface area contributed by atoms with Gasteiger partial charge in [-0.2, -0.15) is 0 Å². The maximum Gasteiger partial charge on any atom is 0.256 e. The van der Waals surface area contributed by atoms with Crippen LogP contribution in [0, 0.1) is 0 Å². The van der Waals surface area contributed by atoms with Crippen molar-refractivity contribution in [2.75, 3.05) is 37.6 Å². The lowest BCUT2D eigenvalue weighted by molar-refractivity contribution is 0.123. The molecular weight excluding hydrogens is 374 g/mol. The number of pyridine rings is 2. The Labute approximate surface area is 165 Å². The molecule has 28 heavy (non-hydrogen) atoms. The molecule has 3 aromatic heterocycles. The van der Waals surface area contributed by atoms with Crippen molar-refractivity contribution < 1.29 is 5.11 Å². The summed E-state index contributed by atoms with van der Waals surface area (Å²) >= 11 is 1.65. The van der Waals surface area contributed by atoms with Gasteiger partial charge in [0.25, 0.3) is 5.56 Å². The topological polar surface area (TPSA) is 85.3 Å². The third-order valence-corrected chi connectivity index (χ3v) is 6.48. The summed E-state index contributed by atoms with van der Waals surface area (Å²) in [5.41, 5.74) is 0.834. The highest BCUT2D eigenvalue weighted by Gasteiger charge is 2.22. The van der Waals surface area contributed by atoms with Crippen LogP contribution in [-0.4, -0.2) is 63.8 Å². The van der Waals surface area contributed by atoms with Gasteiger partial charge in [-0.3, -0.25) is 14.7 Å². The average molecular weight is 395 g/mol. The molecule has 8 heteroatoms. The summed E-state index contributed by atoms with van der Waals surface area (Å²) in [6, 6.07) is 3.89. The Morgan fingerprint density at radius 2 is 2.04 bits per heavy atom. The Morgan fingerprint density at radius 3 is 2.82 bits per heavy atom. The number of anilines is 1. The minimum Gasteiger partial charge on any atom is -0.392 e. The first kappa shape index (κ1) is 17.5. The first-order chi connectivity index (χ1) is 13.6. The molecule has 1 aromatic carbocycles. The predicted molar refractivity (Wildman–Crippen MR) is 113 cm³/mol. The number of β-amino-alcohol motifs (C(OH)–C–C–N with tert-alkyl or cyclic N) is 1. The fourth-order valence-electron chi connectivity index (χ4n) is 4.04. The van der Waals surface area contributed by atoms with E-state index in [0.717, 1.165) is 57.7 Å². The van der Waals surface area contributed by atoms with Crippen molar-refractivity contribution in [3.63, 3.8) is 0 Å². The number of aromatic amines is 1. The highest BCUT2D eigenvalue weighted by Crippen LogP contribution is 2.39. The predicted octanol–water partition coefficient (Wildman–Crippen LogP) is 2.19.